The molecule has 0 fully saturated rings. The van der Waals surface area contributed by atoms with Crippen LogP contribution >= 0.6 is 0 Å². The number of hydrazone groups is 1. The second kappa shape index (κ2) is 8.96. The summed E-state index contributed by atoms with van der Waals surface area (Å²) in [4.78, 5) is 35.6. The van der Waals surface area contributed by atoms with Gasteiger partial charge in [0.15, 0.2) is 0 Å². The van der Waals surface area contributed by atoms with Crippen molar-refractivity contribution in [2.24, 2.45) is 5.10 Å². The molecule has 7 heteroatoms. The molecule has 1 aromatic rings. The SMILES string of the molecule is CCCCC(NC(=O)C1=NN(Cc2ccccc2)C(=O)CC1)C(=O)O. The van der Waals surface area contributed by atoms with E-state index < -0.39 is 17.9 Å². The maximum atomic E-state index is 12.3. The lowest BCUT2D eigenvalue weighted by atomic mass is 10.1. The lowest BCUT2D eigenvalue weighted by Crippen LogP contribution is -2.46. The van der Waals surface area contributed by atoms with Crippen LogP contribution in [0.5, 0.6) is 0 Å². The molecule has 0 radical (unpaired) electrons. The highest BCUT2D eigenvalue weighted by molar-refractivity contribution is 6.39. The average molecular weight is 345 g/mol. The molecule has 2 rings (SSSR count). The van der Waals surface area contributed by atoms with Gasteiger partial charge in [0, 0.05) is 12.8 Å². The molecule has 1 heterocycles. The number of carboxylic acid groups (broad SMARTS) is 1. The molecule has 1 aliphatic rings. The third-order valence-electron chi connectivity index (χ3n) is 3.99. The van der Waals surface area contributed by atoms with Gasteiger partial charge in [-0.1, -0.05) is 50.1 Å². The van der Waals surface area contributed by atoms with Crippen LogP contribution in [0.1, 0.15) is 44.6 Å². The van der Waals surface area contributed by atoms with E-state index in [0.29, 0.717) is 12.8 Å². The molecule has 1 aromatic carbocycles. The fourth-order valence-electron chi connectivity index (χ4n) is 2.55. The summed E-state index contributed by atoms with van der Waals surface area (Å²) < 4.78 is 0. The van der Waals surface area contributed by atoms with Gasteiger partial charge >= 0.3 is 5.97 Å². The summed E-state index contributed by atoms with van der Waals surface area (Å²) in [5.74, 6) is -1.73. The minimum absolute atomic E-state index is 0.152. The first-order valence-corrected chi connectivity index (χ1v) is 8.46. The van der Waals surface area contributed by atoms with Gasteiger partial charge in [0.2, 0.25) is 5.91 Å². The Morgan fingerprint density at radius 3 is 2.64 bits per heavy atom. The van der Waals surface area contributed by atoms with E-state index in [2.05, 4.69) is 10.4 Å². The van der Waals surface area contributed by atoms with E-state index in [4.69, 9.17) is 0 Å². The molecule has 2 amide bonds. The smallest absolute Gasteiger partial charge is 0.326 e. The van der Waals surface area contributed by atoms with Crippen molar-refractivity contribution in [1.82, 2.24) is 10.3 Å². The third-order valence-corrected chi connectivity index (χ3v) is 3.99. The number of aliphatic carboxylic acids is 1. The highest BCUT2D eigenvalue weighted by Gasteiger charge is 2.27. The van der Waals surface area contributed by atoms with Gasteiger partial charge in [-0.15, -0.1) is 0 Å². The first kappa shape index (κ1) is 18.6. The lowest BCUT2D eigenvalue weighted by Gasteiger charge is -2.24. The van der Waals surface area contributed by atoms with E-state index in [1.165, 1.54) is 5.01 Å². The molecule has 0 aromatic heterocycles. The van der Waals surface area contributed by atoms with Crippen LogP contribution < -0.4 is 5.32 Å². The molecule has 0 saturated heterocycles. The van der Waals surface area contributed by atoms with Crippen molar-refractivity contribution in [2.45, 2.75) is 51.6 Å². The van der Waals surface area contributed by atoms with E-state index in [1.54, 1.807) is 0 Å². The number of rotatable bonds is 8. The number of carboxylic acids is 1. The molecule has 1 unspecified atom stereocenters. The minimum Gasteiger partial charge on any atom is -0.480 e. The maximum absolute atomic E-state index is 12.3. The molecule has 7 nitrogen and oxygen atoms in total. The van der Waals surface area contributed by atoms with E-state index in [-0.39, 0.29) is 31.0 Å². The van der Waals surface area contributed by atoms with Gasteiger partial charge < -0.3 is 10.4 Å². The largest absolute Gasteiger partial charge is 0.480 e. The zero-order valence-electron chi connectivity index (χ0n) is 14.3. The number of hydrogen-bond acceptors (Lipinski definition) is 4. The van der Waals surface area contributed by atoms with Gasteiger partial charge in [-0.25, -0.2) is 9.80 Å². The fourth-order valence-corrected chi connectivity index (χ4v) is 2.55. The van der Waals surface area contributed by atoms with Crippen molar-refractivity contribution in [3.8, 4) is 0 Å². The zero-order valence-corrected chi connectivity index (χ0v) is 14.3. The molecule has 25 heavy (non-hydrogen) atoms. The number of carbonyl (C=O) groups excluding carboxylic acids is 2. The van der Waals surface area contributed by atoms with Crippen molar-refractivity contribution in [3.63, 3.8) is 0 Å². The monoisotopic (exact) mass is 345 g/mol. The molecule has 1 atom stereocenters. The van der Waals surface area contributed by atoms with Crippen LogP contribution in [0.2, 0.25) is 0 Å². The van der Waals surface area contributed by atoms with Crippen LogP contribution in [0.15, 0.2) is 35.4 Å². The summed E-state index contributed by atoms with van der Waals surface area (Å²) in [6.07, 6.45) is 2.33. The van der Waals surface area contributed by atoms with Gasteiger partial charge in [-0.05, 0) is 12.0 Å². The molecule has 1 aliphatic heterocycles. The van der Waals surface area contributed by atoms with Crippen molar-refractivity contribution in [2.75, 3.05) is 0 Å². The third kappa shape index (κ3) is 5.41. The summed E-state index contributed by atoms with van der Waals surface area (Å²) >= 11 is 0. The molecule has 2 N–H and O–H groups in total. The Morgan fingerprint density at radius 1 is 1.28 bits per heavy atom. The van der Waals surface area contributed by atoms with Gasteiger partial charge in [-0.3, -0.25) is 9.59 Å². The first-order valence-electron chi connectivity index (χ1n) is 8.46. The van der Waals surface area contributed by atoms with E-state index in [1.807, 2.05) is 37.3 Å². The molecule has 0 saturated carbocycles. The number of nitrogens with one attached hydrogen (secondary N) is 1. The Morgan fingerprint density at radius 2 is 2.00 bits per heavy atom. The van der Waals surface area contributed by atoms with Crippen LogP contribution in [0, 0.1) is 0 Å². The van der Waals surface area contributed by atoms with E-state index in [0.717, 1.165) is 12.0 Å². The lowest BCUT2D eigenvalue weighted by molar-refractivity contribution is -0.141. The molecule has 0 bridgehead atoms. The number of hydrogen-bond donors (Lipinski definition) is 2. The van der Waals surface area contributed by atoms with Gasteiger partial charge in [-0.2, -0.15) is 5.10 Å². The van der Waals surface area contributed by atoms with Crippen LogP contribution in [0.3, 0.4) is 0 Å². The van der Waals surface area contributed by atoms with Crippen LogP contribution in [-0.4, -0.2) is 39.7 Å². The quantitative estimate of drug-likeness (QED) is 0.752. The summed E-state index contributed by atoms with van der Waals surface area (Å²) in [6.45, 7) is 2.24. The summed E-state index contributed by atoms with van der Waals surface area (Å²) in [5.41, 5.74) is 1.10. The summed E-state index contributed by atoms with van der Waals surface area (Å²) in [7, 11) is 0. The van der Waals surface area contributed by atoms with Crippen LogP contribution in [-0.2, 0) is 20.9 Å². The molecule has 134 valence electrons. The minimum atomic E-state index is -1.06. The van der Waals surface area contributed by atoms with E-state index in [9.17, 15) is 19.5 Å². The Hall–Kier alpha value is -2.70. The van der Waals surface area contributed by atoms with Crippen molar-refractivity contribution < 1.29 is 19.5 Å². The van der Waals surface area contributed by atoms with Gasteiger partial charge in [0.05, 0.1) is 6.54 Å². The van der Waals surface area contributed by atoms with Gasteiger partial charge in [0.25, 0.3) is 5.91 Å². The summed E-state index contributed by atoms with van der Waals surface area (Å²) in [6, 6.07) is 8.44. The second-order valence-corrected chi connectivity index (χ2v) is 5.99. The van der Waals surface area contributed by atoms with Crippen molar-refractivity contribution in [1.29, 1.82) is 0 Å². The molecular formula is C18H23N3O4. The molecule has 0 aliphatic carbocycles. The van der Waals surface area contributed by atoms with E-state index >= 15 is 0 Å². The highest BCUT2D eigenvalue weighted by Crippen LogP contribution is 2.14. The number of benzene rings is 1. The number of carbonyl (C=O) groups is 3. The normalized spacial score (nSPS) is 15.5. The number of amides is 2. The number of unbranched alkanes of at least 4 members (excludes halogenated alkanes) is 1. The van der Waals surface area contributed by atoms with Crippen LogP contribution in [0.25, 0.3) is 0 Å². The molecular weight excluding hydrogens is 322 g/mol. The first-order chi connectivity index (χ1) is 12.0. The Labute approximate surface area is 146 Å². The Bertz CT molecular complexity index is 658. The standard InChI is InChI=1S/C18H23N3O4/c1-2-3-9-15(18(24)25)19-17(23)14-10-11-16(22)21(20-14)12-13-7-5-4-6-8-13/h4-8,15H,2-3,9-12H2,1H3,(H,19,23)(H,24,25). The number of nitrogens with zero attached hydrogens (tertiary/aromatic N) is 2. The molecule has 0 spiro atoms. The topological polar surface area (TPSA) is 99.1 Å². The van der Waals surface area contributed by atoms with Gasteiger partial charge in [0.1, 0.15) is 11.8 Å². The zero-order chi connectivity index (χ0) is 18.2. The highest BCUT2D eigenvalue weighted by atomic mass is 16.4. The predicted molar refractivity (Wildman–Crippen MR) is 92.8 cm³/mol. The summed E-state index contributed by atoms with van der Waals surface area (Å²) in [5, 5.41) is 17.1. The Balaban J connectivity index is 2.06. The fraction of sp³-hybridized carbons (Fsp3) is 0.444. The predicted octanol–water partition coefficient (Wildman–Crippen LogP) is 1.92. The van der Waals surface area contributed by atoms with Crippen LogP contribution in [0.4, 0.5) is 0 Å². The Kier molecular flexibility index (Phi) is 6.68. The average Bonchev–Trinajstić information content (AvgIpc) is 2.61. The van der Waals surface area contributed by atoms with Crippen molar-refractivity contribution >= 4 is 23.5 Å². The second-order valence-electron chi connectivity index (χ2n) is 5.99. The van der Waals surface area contributed by atoms with Crippen molar-refractivity contribution in [3.05, 3.63) is 35.9 Å². The maximum Gasteiger partial charge on any atom is 0.326 e.